The second-order valence-electron chi connectivity index (χ2n) is 16.3. The summed E-state index contributed by atoms with van der Waals surface area (Å²) < 4.78 is 49.5. The third-order valence-corrected chi connectivity index (χ3v) is 13.4. The zero-order chi connectivity index (χ0) is 55.6. The zero-order valence-electron chi connectivity index (χ0n) is 40.7. The van der Waals surface area contributed by atoms with Crippen molar-refractivity contribution in [2.75, 3.05) is 71.3 Å². The number of aliphatic carboxylic acids is 1. The van der Waals surface area contributed by atoms with Crippen molar-refractivity contribution in [3.8, 4) is 17.6 Å². The van der Waals surface area contributed by atoms with Gasteiger partial charge in [-0.15, -0.1) is 0 Å². The first kappa shape index (κ1) is 60.8. The molecule has 1 saturated heterocycles. The number of hydrogen-bond acceptors (Lipinski definition) is 21. The fourth-order valence-electron chi connectivity index (χ4n) is 7.48. The van der Waals surface area contributed by atoms with Gasteiger partial charge in [-0.1, -0.05) is 17.7 Å². The van der Waals surface area contributed by atoms with E-state index in [1.54, 1.807) is 0 Å². The van der Waals surface area contributed by atoms with E-state index in [2.05, 4.69) is 42.5 Å². The maximum Gasteiger partial charge on any atom is 0.338 e. The summed E-state index contributed by atoms with van der Waals surface area (Å²) in [5.41, 5.74) is -0.0916. The number of halogens is 3. The van der Waals surface area contributed by atoms with Crippen molar-refractivity contribution in [1.29, 1.82) is 5.26 Å². The summed E-state index contributed by atoms with van der Waals surface area (Å²) in [6.45, 7) is 3.11. The largest absolute Gasteiger partial charge is 0.479 e. The lowest BCUT2D eigenvalue weighted by molar-refractivity contribution is -0.271. The molecule has 2 aromatic rings. The molecular weight excluding hydrogens is 1160 g/mol. The summed E-state index contributed by atoms with van der Waals surface area (Å²) in [7, 11) is 0. The van der Waals surface area contributed by atoms with E-state index in [4.69, 9.17) is 54.2 Å². The molecule has 412 valence electrons. The van der Waals surface area contributed by atoms with Crippen LogP contribution >= 0.6 is 43.5 Å². The molecule has 4 amide bonds. The van der Waals surface area contributed by atoms with Crippen LogP contribution in [-0.4, -0.2) is 169 Å². The Labute approximate surface area is 455 Å². The second kappa shape index (κ2) is 29.5. The minimum atomic E-state index is -2.03. The minimum Gasteiger partial charge on any atom is -0.479 e. The highest BCUT2D eigenvalue weighted by Gasteiger charge is 2.49. The average Bonchev–Trinajstić information content (AvgIpc) is 3.58. The summed E-state index contributed by atoms with van der Waals surface area (Å²) in [5.74, 6) is -10.1. The molecule has 0 aliphatic carbocycles. The van der Waals surface area contributed by atoms with Crippen LogP contribution in [0.5, 0.6) is 11.5 Å². The van der Waals surface area contributed by atoms with Gasteiger partial charge in [-0.3, -0.25) is 33.7 Å². The number of carboxylic acids is 1. The molecule has 2 aromatic carbocycles. The Hall–Kier alpha value is -6.06. The van der Waals surface area contributed by atoms with Crippen LogP contribution in [0.4, 0.5) is 5.69 Å². The number of carbonyl (C=O) groups is 8. The van der Waals surface area contributed by atoms with Gasteiger partial charge >= 0.3 is 23.9 Å². The van der Waals surface area contributed by atoms with Crippen LogP contribution in [0.25, 0.3) is 0 Å². The molecule has 0 bridgehead atoms. The zero-order valence-corrected chi connectivity index (χ0v) is 44.6. The third-order valence-electron chi connectivity index (χ3n) is 11.1. The van der Waals surface area contributed by atoms with E-state index in [-0.39, 0.29) is 132 Å². The summed E-state index contributed by atoms with van der Waals surface area (Å²) in [6, 6.07) is 10.1. The number of aliphatic hydroxyl groups is 3. The highest BCUT2D eigenvalue weighted by Crippen LogP contribution is 2.46. The smallest absolute Gasteiger partial charge is 0.338 e. The number of amides is 4. The van der Waals surface area contributed by atoms with Crippen molar-refractivity contribution in [2.45, 2.75) is 76.3 Å². The first-order valence-corrected chi connectivity index (χ1v) is 25.3. The van der Waals surface area contributed by atoms with E-state index >= 15 is 0 Å². The number of aliphatic hydroxyl groups excluding tert-OH is 3. The molecule has 5 rings (SSSR count). The van der Waals surface area contributed by atoms with Crippen LogP contribution in [0.3, 0.4) is 0 Å². The lowest BCUT2D eigenvalue weighted by Crippen LogP contribution is -2.61. The van der Waals surface area contributed by atoms with Gasteiger partial charge in [0.2, 0.25) is 18.1 Å². The van der Waals surface area contributed by atoms with Gasteiger partial charge in [-0.25, -0.2) is 9.59 Å². The van der Waals surface area contributed by atoms with Gasteiger partial charge in [0.15, 0.2) is 12.0 Å². The first-order chi connectivity index (χ1) is 36.3. The van der Waals surface area contributed by atoms with Crippen molar-refractivity contribution in [3.05, 3.63) is 72.8 Å². The molecule has 6 N–H and O–H groups in total. The van der Waals surface area contributed by atoms with Crippen LogP contribution in [-0.2, 0) is 78.1 Å². The Morgan fingerprint density at radius 2 is 1.49 bits per heavy atom. The molecule has 1 fully saturated rings. The van der Waals surface area contributed by atoms with E-state index < -0.39 is 103 Å². The maximum atomic E-state index is 13.6. The Morgan fingerprint density at radius 3 is 2.13 bits per heavy atom. The number of nitriles is 1. The first-order valence-electron chi connectivity index (χ1n) is 23.3. The van der Waals surface area contributed by atoms with E-state index in [1.807, 2.05) is 6.07 Å². The summed E-state index contributed by atoms with van der Waals surface area (Å²) in [4.78, 5) is 103. The van der Waals surface area contributed by atoms with E-state index in [0.29, 0.717) is 0 Å². The molecule has 0 aromatic heterocycles. The van der Waals surface area contributed by atoms with Crippen molar-refractivity contribution >= 4 is 96.7 Å². The molecule has 0 radical (unpaired) electrons. The quantitative estimate of drug-likeness (QED) is 0.0307. The van der Waals surface area contributed by atoms with E-state index in [1.165, 1.54) is 50.2 Å². The van der Waals surface area contributed by atoms with Crippen molar-refractivity contribution in [3.63, 3.8) is 0 Å². The normalized spacial score (nSPS) is 20.5. The average molecular weight is 1220 g/mol. The van der Waals surface area contributed by atoms with Gasteiger partial charge in [0.25, 0.3) is 11.8 Å². The van der Waals surface area contributed by atoms with Gasteiger partial charge < -0.3 is 73.7 Å². The highest BCUT2D eigenvalue weighted by atomic mass is 79.9. The monoisotopic (exact) mass is 1210 g/mol. The fraction of sp³-hybridized carbons (Fsp3) is 0.479. The molecule has 3 aliphatic rings. The standard InChI is InChI=1S/C48H53Br2ClN4O21/c1-3-71-46(66)27(22-52)35-26-20-25(51)6-8-29(26)74-31(36(35)47(67)72-4-2)21-34(58)73-23-24-5-7-30(75-48-41(61)39(59)40(60)42(76-48)45(64)65)28(19-24)54-33(57)9-11-53-32(56)10-13-68-15-17-70-18-16-69-14-12-55-43(62)37(49)38(50)44(55)63/h5-8,19-20,27,35,39-42,48,59-61H,3-4,9-18,21,23H2,1-2H3,(H,53,56)(H,54,57)(H,64,65)/t27?,35?,39-,40-,41+,42-,48+/m0/s1. The van der Waals surface area contributed by atoms with Gasteiger partial charge in [0.1, 0.15) is 57.6 Å². The highest BCUT2D eigenvalue weighted by molar-refractivity contribution is 9.14. The molecule has 0 spiro atoms. The van der Waals surface area contributed by atoms with E-state index in [9.17, 15) is 64.0 Å². The number of hydrogen-bond donors (Lipinski definition) is 6. The lowest BCUT2D eigenvalue weighted by atomic mass is 9.78. The molecule has 28 heteroatoms. The molecule has 3 aliphatic heterocycles. The molecule has 7 atom stereocenters. The summed E-state index contributed by atoms with van der Waals surface area (Å²) >= 11 is 12.4. The lowest BCUT2D eigenvalue weighted by Gasteiger charge is -2.38. The topological polar surface area (TPSA) is 352 Å². The molecule has 3 heterocycles. The fourth-order valence-corrected chi connectivity index (χ4v) is 8.43. The maximum absolute atomic E-state index is 13.6. The van der Waals surface area contributed by atoms with Crippen LogP contribution < -0.4 is 20.1 Å². The number of ether oxygens (including phenoxy) is 9. The predicted octanol–water partition coefficient (Wildman–Crippen LogP) is 2.00. The number of carbonyl (C=O) groups excluding carboxylic acids is 7. The number of benzene rings is 2. The Balaban J connectivity index is 1.18. The minimum absolute atomic E-state index is 0.0225. The van der Waals surface area contributed by atoms with Crippen LogP contribution in [0, 0.1) is 17.2 Å². The van der Waals surface area contributed by atoms with Gasteiger partial charge in [-0.05, 0) is 81.6 Å². The van der Waals surface area contributed by atoms with Crippen LogP contribution in [0.2, 0.25) is 5.02 Å². The van der Waals surface area contributed by atoms with Crippen LogP contribution in [0.1, 0.15) is 50.2 Å². The van der Waals surface area contributed by atoms with Gasteiger partial charge in [0, 0.05) is 35.9 Å². The van der Waals surface area contributed by atoms with Crippen molar-refractivity contribution < 1.29 is 101 Å². The number of carboxylic acid groups (broad SMARTS) is 1. The Kier molecular flexibility index (Phi) is 23.6. The molecule has 0 saturated carbocycles. The van der Waals surface area contributed by atoms with Crippen LogP contribution in [0.15, 0.2) is 56.7 Å². The van der Waals surface area contributed by atoms with Gasteiger partial charge in [0.05, 0.1) is 76.7 Å². The number of nitrogens with zero attached hydrogens (tertiary/aromatic N) is 2. The number of rotatable bonds is 28. The Morgan fingerprint density at radius 1 is 0.829 bits per heavy atom. The van der Waals surface area contributed by atoms with Crippen molar-refractivity contribution in [1.82, 2.24) is 10.2 Å². The summed E-state index contributed by atoms with van der Waals surface area (Å²) in [5, 5.41) is 56.3. The third kappa shape index (κ3) is 16.2. The molecule has 2 unspecified atom stereocenters. The van der Waals surface area contributed by atoms with E-state index in [0.717, 1.165) is 4.90 Å². The number of imide groups is 1. The van der Waals surface area contributed by atoms with Crippen molar-refractivity contribution in [2.24, 2.45) is 5.92 Å². The molecule has 25 nitrogen and oxygen atoms in total. The summed E-state index contributed by atoms with van der Waals surface area (Å²) in [6.07, 6.45) is -11.0. The predicted molar refractivity (Wildman–Crippen MR) is 265 cm³/mol. The number of esters is 3. The number of nitrogens with one attached hydrogen (secondary N) is 2. The molecule has 76 heavy (non-hydrogen) atoms. The molecular formula is C48H53Br2ClN4O21. The number of anilines is 1. The second-order valence-corrected chi connectivity index (χ2v) is 18.3. The number of fused-ring (bicyclic) bond motifs is 1. The Bertz CT molecular complexity index is 2590. The van der Waals surface area contributed by atoms with Gasteiger partial charge in [-0.2, -0.15) is 5.26 Å². The SMILES string of the molecule is CCOC(=O)C1=C(CC(=O)OCc2ccc(O[C@@H]3O[C@H](C(=O)O)[C@@H](O)[C@H](O)[C@H]3O)c(NC(=O)CCNC(=O)CCOCCOCCOCCN3C(=O)C(Br)=C(Br)C3=O)c2)Oc2ccc(Cl)cc2C1C(C#N)C(=O)OCC.